The Kier molecular flexibility index (Phi) is 15.1. The number of hydrogen-bond acceptors (Lipinski definition) is 1. The zero-order valence-electron chi connectivity index (χ0n) is 13.4. The van der Waals surface area contributed by atoms with Crippen molar-refractivity contribution < 1.29 is 4.79 Å². The standard InChI is InChI=1S/C19H32O/c1-3-4-5-6-7-8-9-10-11-12-13-14-15-16-17-18-19(2)20/h4-5,8-9,12-13H,3,6-7,10-11,14-18H2,1-2H3/b5-4-,9-8-,13-12-. The van der Waals surface area contributed by atoms with Gasteiger partial charge in [0.2, 0.25) is 0 Å². The van der Waals surface area contributed by atoms with Gasteiger partial charge < -0.3 is 4.79 Å². The van der Waals surface area contributed by atoms with Crippen LogP contribution in [0, 0.1) is 0 Å². The van der Waals surface area contributed by atoms with Crippen LogP contribution >= 0.6 is 0 Å². The Bertz CT molecular complexity index is 297. The summed E-state index contributed by atoms with van der Waals surface area (Å²) < 4.78 is 0. The predicted octanol–water partition coefficient (Wildman–Crippen LogP) is 6.16. The molecular formula is C19H32O. The van der Waals surface area contributed by atoms with Gasteiger partial charge in [-0.3, -0.25) is 0 Å². The third-order valence-electron chi connectivity index (χ3n) is 3.14. The summed E-state index contributed by atoms with van der Waals surface area (Å²) in [6, 6.07) is 0. The summed E-state index contributed by atoms with van der Waals surface area (Å²) in [5.41, 5.74) is 0. The maximum atomic E-state index is 10.8. The highest BCUT2D eigenvalue weighted by Gasteiger charge is 1.92. The number of hydrogen-bond donors (Lipinski definition) is 0. The third kappa shape index (κ3) is 16.9. The molecule has 1 nitrogen and oxygen atoms in total. The quantitative estimate of drug-likeness (QED) is 0.290. The third-order valence-corrected chi connectivity index (χ3v) is 3.14. The van der Waals surface area contributed by atoms with Gasteiger partial charge in [0.15, 0.2) is 0 Å². The van der Waals surface area contributed by atoms with Gasteiger partial charge in [0, 0.05) is 6.42 Å². The molecule has 0 aliphatic heterocycles. The second kappa shape index (κ2) is 15.9. The van der Waals surface area contributed by atoms with Crippen LogP contribution in [-0.2, 0) is 4.79 Å². The lowest BCUT2D eigenvalue weighted by Gasteiger charge is -1.95. The number of carbonyl (C=O) groups excluding carboxylic acids is 1. The average Bonchev–Trinajstić information content (AvgIpc) is 2.43. The maximum Gasteiger partial charge on any atom is 0.129 e. The molecule has 0 fully saturated rings. The zero-order valence-corrected chi connectivity index (χ0v) is 13.4. The van der Waals surface area contributed by atoms with Crippen molar-refractivity contribution in [3.8, 4) is 0 Å². The molecule has 0 bridgehead atoms. The summed E-state index contributed by atoms with van der Waals surface area (Å²) in [5, 5.41) is 0. The molecule has 0 aromatic heterocycles. The highest BCUT2D eigenvalue weighted by molar-refractivity contribution is 5.75. The Morgan fingerprint density at radius 3 is 1.70 bits per heavy atom. The molecule has 0 rings (SSSR count). The van der Waals surface area contributed by atoms with Crippen LogP contribution in [0.2, 0.25) is 0 Å². The Morgan fingerprint density at radius 1 is 0.700 bits per heavy atom. The number of rotatable bonds is 13. The summed E-state index contributed by atoms with van der Waals surface area (Å²) in [6.07, 6.45) is 24.8. The number of allylic oxidation sites excluding steroid dienone is 6. The lowest BCUT2D eigenvalue weighted by Crippen LogP contribution is -1.88. The molecule has 0 spiro atoms. The SMILES string of the molecule is CC/C=C\CC/C=C\CC/C=C\CCCCCC(C)=O. The van der Waals surface area contributed by atoms with Gasteiger partial charge in [0.25, 0.3) is 0 Å². The Hall–Kier alpha value is -1.11. The van der Waals surface area contributed by atoms with E-state index in [-0.39, 0.29) is 0 Å². The first kappa shape index (κ1) is 18.9. The summed E-state index contributed by atoms with van der Waals surface area (Å²) in [4.78, 5) is 10.8. The highest BCUT2D eigenvalue weighted by atomic mass is 16.1. The van der Waals surface area contributed by atoms with Gasteiger partial charge in [-0.15, -0.1) is 0 Å². The summed E-state index contributed by atoms with van der Waals surface area (Å²) in [7, 11) is 0. The number of carbonyl (C=O) groups is 1. The molecule has 0 radical (unpaired) electrons. The van der Waals surface area contributed by atoms with Crippen molar-refractivity contribution in [3.05, 3.63) is 36.5 Å². The number of ketones is 1. The van der Waals surface area contributed by atoms with E-state index in [9.17, 15) is 4.79 Å². The molecule has 0 saturated heterocycles. The molecule has 0 amide bonds. The van der Waals surface area contributed by atoms with Crippen molar-refractivity contribution >= 4 is 5.78 Å². The number of unbranched alkanes of at least 4 members (excludes halogenated alkanes) is 5. The monoisotopic (exact) mass is 276 g/mol. The Labute approximate surface area is 125 Å². The van der Waals surface area contributed by atoms with Crippen LogP contribution < -0.4 is 0 Å². The van der Waals surface area contributed by atoms with Crippen molar-refractivity contribution in [1.82, 2.24) is 0 Å². The Balaban J connectivity index is 3.25. The molecule has 0 aromatic carbocycles. The van der Waals surface area contributed by atoms with Gasteiger partial charge in [-0.25, -0.2) is 0 Å². The minimum absolute atomic E-state index is 0.317. The molecule has 0 aliphatic carbocycles. The van der Waals surface area contributed by atoms with Crippen LogP contribution in [0.15, 0.2) is 36.5 Å². The minimum Gasteiger partial charge on any atom is -0.300 e. The van der Waals surface area contributed by atoms with Crippen LogP contribution in [0.1, 0.15) is 78.1 Å². The first-order valence-corrected chi connectivity index (χ1v) is 8.21. The molecule has 0 atom stereocenters. The molecule has 0 N–H and O–H groups in total. The molecule has 0 unspecified atom stereocenters. The van der Waals surface area contributed by atoms with Crippen LogP contribution in [0.3, 0.4) is 0 Å². The second-order valence-electron chi connectivity index (χ2n) is 5.28. The predicted molar refractivity (Wildman–Crippen MR) is 89.9 cm³/mol. The fourth-order valence-electron chi connectivity index (χ4n) is 1.95. The molecular weight excluding hydrogens is 244 g/mol. The molecule has 114 valence electrons. The fourth-order valence-corrected chi connectivity index (χ4v) is 1.95. The largest absolute Gasteiger partial charge is 0.300 e. The van der Waals surface area contributed by atoms with E-state index in [0.29, 0.717) is 5.78 Å². The van der Waals surface area contributed by atoms with Crippen molar-refractivity contribution in [2.75, 3.05) is 0 Å². The van der Waals surface area contributed by atoms with E-state index in [1.165, 1.54) is 19.3 Å². The number of Topliss-reactive ketones (excluding diaryl/α,β-unsaturated/α-hetero) is 1. The second-order valence-corrected chi connectivity index (χ2v) is 5.28. The van der Waals surface area contributed by atoms with E-state index < -0.39 is 0 Å². The van der Waals surface area contributed by atoms with Crippen molar-refractivity contribution in [2.24, 2.45) is 0 Å². The fraction of sp³-hybridized carbons (Fsp3) is 0.632. The topological polar surface area (TPSA) is 17.1 Å². The lowest BCUT2D eigenvalue weighted by atomic mass is 10.1. The van der Waals surface area contributed by atoms with E-state index in [2.05, 4.69) is 43.4 Å². The smallest absolute Gasteiger partial charge is 0.129 e. The summed E-state index contributed by atoms with van der Waals surface area (Å²) in [6.45, 7) is 3.84. The van der Waals surface area contributed by atoms with Gasteiger partial charge in [-0.1, -0.05) is 49.8 Å². The normalized spacial score (nSPS) is 12.1. The highest BCUT2D eigenvalue weighted by Crippen LogP contribution is 2.05. The average molecular weight is 276 g/mol. The maximum absolute atomic E-state index is 10.8. The molecule has 0 aliphatic rings. The molecule has 0 aromatic rings. The van der Waals surface area contributed by atoms with Crippen molar-refractivity contribution in [3.63, 3.8) is 0 Å². The lowest BCUT2D eigenvalue weighted by molar-refractivity contribution is -0.117. The van der Waals surface area contributed by atoms with Crippen LogP contribution in [0.4, 0.5) is 0 Å². The summed E-state index contributed by atoms with van der Waals surface area (Å²) in [5.74, 6) is 0.317. The van der Waals surface area contributed by atoms with Crippen molar-refractivity contribution in [1.29, 1.82) is 0 Å². The van der Waals surface area contributed by atoms with Crippen LogP contribution in [0.5, 0.6) is 0 Å². The first-order valence-electron chi connectivity index (χ1n) is 8.21. The van der Waals surface area contributed by atoms with E-state index in [1.807, 2.05) is 0 Å². The van der Waals surface area contributed by atoms with Crippen LogP contribution in [-0.4, -0.2) is 5.78 Å². The molecule has 1 heteroatoms. The molecule has 0 saturated carbocycles. The van der Waals surface area contributed by atoms with E-state index >= 15 is 0 Å². The van der Waals surface area contributed by atoms with E-state index in [1.54, 1.807) is 6.92 Å². The molecule has 20 heavy (non-hydrogen) atoms. The van der Waals surface area contributed by atoms with Gasteiger partial charge in [0.05, 0.1) is 0 Å². The van der Waals surface area contributed by atoms with Gasteiger partial charge in [0.1, 0.15) is 5.78 Å². The minimum atomic E-state index is 0.317. The van der Waals surface area contributed by atoms with Crippen molar-refractivity contribution in [2.45, 2.75) is 78.1 Å². The summed E-state index contributed by atoms with van der Waals surface area (Å²) >= 11 is 0. The van der Waals surface area contributed by atoms with Gasteiger partial charge in [-0.05, 0) is 58.3 Å². The molecule has 0 heterocycles. The van der Waals surface area contributed by atoms with Crippen LogP contribution in [0.25, 0.3) is 0 Å². The van der Waals surface area contributed by atoms with Gasteiger partial charge >= 0.3 is 0 Å². The van der Waals surface area contributed by atoms with E-state index in [0.717, 1.165) is 44.9 Å². The Morgan fingerprint density at radius 2 is 1.20 bits per heavy atom. The first-order chi connectivity index (χ1) is 9.77. The van der Waals surface area contributed by atoms with Gasteiger partial charge in [-0.2, -0.15) is 0 Å². The van der Waals surface area contributed by atoms with E-state index in [4.69, 9.17) is 0 Å². The zero-order chi connectivity index (χ0) is 14.9.